The van der Waals surface area contributed by atoms with Gasteiger partial charge in [-0.3, -0.25) is 0 Å². The summed E-state index contributed by atoms with van der Waals surface area (Å²) in [6, 6.07) is 19.3. The van der Waals surface area contributed by atoms with Crippen molar-refractivity contribution in [2.75, 3.05) is 0 Å². The van der Waals surface area contributed by atoms with Gasteiger partial charge < -0.3 is 19.4 Å². The normalized spacial score (nSPS) is 10.9. The monoisotopic (exact) mass is 857 g/mol. The summed E-state index contributed by atoms with van der Waals surface area (Å²) < 4.78 is 0. The molecule has 2 aromatic rings. The van der Waals surface area contributed by atoms with Crippen molar-refractivity contribution < 1.29 is 25.2 Å². The van der Waals surface area contributed by atoms with Gasteiger partial charge in [0.1, 0.15) is 0 Å². The van der Waals surface area contributed by atoms with E-state index in [4.69, 9.17) is 0 Å². The molecule has 0 aromatic heterocycles. The van der Waals surface area contributed by atoms with Crippen LogP contribution in [0.25, 0.3) is 11.1 Å². The van der Waals surface area contributed by atoms with Gasteiger partial charge in [0.05, 0.1) is 11.1 Å². The minimum absolute atomic E-state index is 0. The predicted octanol–water partition coefficient (Wildman–Crippen LogP) is 16.2. The van der Waals surface area contributed by atoms with Crippen LogP contribution in [0.5, 0.6) is 0 Å². The smallest absolute Gasteiger partial charge is 0.348 e. The van der Waals surface area contributed by atoms with E-state index < -0.39 is 8.07 Å². The van der Waals surface area contributed by atoms with E-state index in [-0.39, 0.29) is 20.4 Å². The van der Waals surface area contributed by atoms with Gasteiger partial charge in [0.25, 0.3) is 0 Å². The first-order chi connectivity index (χ1) is 26.2. The van der Waals surface area contributed by atoms with Gasteiger partial charge in [0, 0.05) is 20.1 Å². The predicted molar refractivity (Wildman–Crippen MR) is 246 cm³/mol. The maximum Gasteiger partial charge on any atom is 2.00 e. The van der Waals surface area contributed by atoms with Crippen LogP contribution in [0, 0.1) is 25.7 Å². The maximum atomic E-state index is 9.74. The van der Waals surface area contributed by atoms with Crippen LogP contribution in [0.15, 0.2) is 59.7 Å². The molecule has 0 saturated carbocycles. The van der Waals surface area contributed by atoms with Crippen LogP contribution in [-0.2, 0) is 32.9 Å². The molecule has 2 rings (SSSR count). The van der Waals surface area contributed by atoms with Crippen LogP contribution in [0.1, 0.15) is 192 Å². The first kappa shape index (κ1) is 54.9. The molecule has 2 nitrogen and oxygen atoms in total. The van der Waals surface area contributed by atoms with Gasteiger partial charge in [-0.15, -0.1) is 4.79 Å². The van der Waals surface area contributed by atoms with Crippen molar-refractivity contribution in [1.29, 1.82) is 0 Å². The molecule has 55 heavy (non-hydrogen) atoms. The van der Waals surface area contributed by atoms with E-state index >= 15 is 0 Å². The van der Waals surface area contributed by atoms with Crippen molar-refractivity contribution >= 4 is 19.5 Å². The van der Waals surface area contributed by atoms with Gasteiger partial charge in [0.2, 0.25) is 0 Å². The molecule has 0 unspecified atom stereocenters. The second-order valence-corrected chi connectivity index (χ2v) is 21.6. The fourth-order valence-corrected chi connectivity index (χ4v) is 7.75. The SMILES string of the molecule is CCCCCCCC#CC(C(=C=[N+]=[N-])CCCCCC)=C(c1cccc(CCCC)c1)c1cccc(C[Si](C)(C)C)c1.[CH2-]CCCCC.[CH2-]CCCCC.[Pd+2]. The molecule has 0 saturated heterocycles. The summed E-state index contributed by atoms with van der Waals surface area (Å²) in [5.74, 6) is 10.2. The van der Waals surface area contributed by atoms with Gasteiger partial charge in [-0.05, 0) is 54.8 Å². The Morgan fingerprint density at radius 3 is 1.62 bits per heavy atom. The summed E-state index contributed by atoms with van der Waals surface area (Å²) >= 11 is 0. The van der Waals surface area contributed by atoms with Crippen LogP contribution in [0.4, 0.5) is 0 Å². The van der Waals surface area contributed by atoms with E-state index in [9.17, 15) is 5.53 Å². The number of nitrogens with zero attached hydrogens (tertiary/aromatic N) is 2. The number of hydrogen-bond donors (Lipinski definition) is 0. The summed E-state index contributed by atoms with van der Waals surface area (Å²) in [5, 5.41) is 0. The zero-order valence-corrected chi connectivity index (χ0v) is 39.6. The Morgan fingerprint density at radius 1 is 0.636 bits per heavy atom. The van der Waals surface area contributed by atoms with Crippen LogP contribution in [0.2, 0.25) is 19.6 Å². The second-order valence-electron chi connectivity index (χ2n) is 16.1. The van der Waals surface area contributed by atoms with Gasteiger partial charge in [-0.2, -0.15) is 12.8 Å². The van der Waals surface area contributed by atoms with Crippen LogP contribution >= 0.6 is 0 Å². The van der Waals surface area contributed by atoms with Crippen molar-refractivity contribution in [3.63, 3.8) is 0 Å². The zero-order valence-electron chi connectivity index (χ0n) is 37.0. The number of aryl methyl sites for hydroxylation is 1. The van der Waals surface area contributed by atoms with E-state index in [1.807, 2.05) is 0 Å². The summed E-state index contributed by atoms with van der Waals surface area (Å²) in [6.07, 6.45) is 26.0. The molecule has 0 fully saturated rings. The fraction of sp³-hybridized carbons (Fsp3) is 0.608. The molecule has 0 radical (unpaired) electrons. The van der Waals surface area contributed by atoms with Crippen molar-refractivity contribution in [3.8, 4) is 11.8 Å². The van der Waals surface area contributed by atoms with Crippen LogP contribution in [0.3, 0.4) is 0 Å². The molecule has 0 spiro atoms. The standard InChI is InChI=1S/C39H56N2Si.2C6H13.Pd/c1-7-10-13-15-16-17-19-28-38(37(31-41-40)25-18-14-11-8-2)39(35-26-20-23-33(29-35)22-12-9-3)36-27-21-24-34(30-36)32-42(4,5)6;2*1-3-5-6-4-2;/h20-21,23-24,26-27,29-30H,7-18,22,25,32H2,1-6H3;2*1,3-6H2,2H3;/q;2*-1;+2. The van der Waals surface area contributed by atoms with E-state index in [1.165, 1.54) is 112 Å². The summed E-state index contributed by atoms with van der Waals surface area (Å²) in [6.45, 7) is 25.9. The van der Waals surface area contributed by atoms with Gasteiger partial charge in [-0.25, -0.2) is 0 Å². The summed E-state index contributed by atoms with van der Waals surface area (Å²) in [4.78, 5) is 3.44. The molecule has 0 aliphatic rings. The van der Waals surface area contributed by atoms with Crippen LogP contribution in [-0.4, -0.2) is 18.7 Å². The van der Waals surface area contributed by atoms with E-state index in [0.717, 1.165) is 74.1 Å². The molecule has 0 amide bonds. The Balaban J connectivity index is 0. The van der Waals surface area contributed by atoms with E-state index in [0.29, 0.717) is 0 Å². The minimum atomic E-state index is -1.30. The van der Waals surface area contributed by atoms with Crippen molar-refractivity contribution in [2.45, 2.75) is 202 Å². The zero-order chi connectivity index (χ0) is 40.3. The first-order valence-electron chi connectivity index (χ1n) is 22.1. The Labute approximate surface area is 357 Å². The molecular formula is C51H82N2PdSi. The molecule has 310 valence electrons. The molecule has 0 aliphatic heterocycles. The van der Waals surface area contributed by atoms with E-state index in [2.05, 4.69) is 139 Å². The number of allylic oxidation sites excluding steroid dienone is 2. The third-order valence-electron chi connectivity index (χ3n) is 9.33. The average Bonchev–Trinajstić information content (AvgIpc) is 3.16. The first-order valence-corrected chi connectivity index (χ1v) is 25.8. The molecule has 4 heteroatoms. The van der Waals surface area contributed by atoms with Crippen LogP contribution < -0.4 is 0 Å². The number of rotatable bonds is 24. The Hall–Kier alpha value is -2.22. The molecule has 0 atom stereocenters. The molecular weight excluding hydrogens is 775 g/mol. The molecule has 0 aliphatic carbocycles. The van der Waals surface area contributed by atoms with Gasteiger partial charge in [-0.1, -0.05) is 210 Å². The second kappa shape index (κ2) is 37.4. The summed E-state index contributed by atoms with van der Waals surface area (Å²) in [7, 11) is -1.30. The molecule has 0 heterocycles. The Kier molecular flexibility index (Phi) is 37.3. The Bertz CT molecular complexity index is 1390. The number of hydrogen-bond acceptors (Lipinski definition) is 0. The average molecular weight is 858 g/mol. The Morgan fingerprint density at radius 2 is 1.13 bits per heavy atom. The van der Waals surface area contributed by atoms with Gasteiger partial charge in [0.15, 0.2) is 0 Å². The third kappa shape index (κ3) is 28.8. The third-order valence-corrected chi connectivity index (χ3v) is 10.8. The molecule has 0 bridgehead atoms. The number of unbranched alkanes of at least 4 members (excludes halogenated alkanes) is 15. The fourth-order valence-electron chi connectivity index (χ4n) is 6.30. The minimum Gasteiger partial charge on any atom is -0.348 e. The largest absolute Gasteiger partial charge is 2.00 e. The van der Waals surface area contributed by atoms with E-state index in [1.54, 1.807) is 0 Å². The van der Waals surface area contributed by atoms with Crippen molar-refractivity contribution in [2.24, 2.45) is 0 Å². The topological polar surface area (TPSA) is 36.4 Å². The maximum absolute atomic E-state index is 9.74. The summed E-state index contributed by atoms with van der Waals surface area (Å²) in [5.41, 5.74) is 17.9. The van der Waals surface area contributed by atoms with Crippen molar-refractivity contribution in [3.05, 3.63) is 101 Å². The van der Waals surface area contributed by atoms with Gasteiger partial charge >= 0.3 is 26.3 Å². The number of benzene rings is 2. The van der Waals surface area contributed by atoms with Crippen molar-refractivity contribution in [1.82, 2.24) is 0 Å². The quantitative estimate of drug-likeness (QED) is 0.0147. The molecule has 0 N–H and O–H groups in total. The molecule has 2 aromatic carbocycles.